The predicted molar refractivity (Wildman–Crippen MR) is 64.9 cm³/mol. The van der Waals surface area contributed by atoms with Gasteiger partial charge >= 0.3 is 6.18 Å². The highest BCUT2D eigenvalue weighted by molar-refractivity contribution is 7.89. The van der Waals surface area contributed by atoms with Gasteiger partial charge < -0.3 is 5.73 Å². The topological polar surface area (TPSA) is 63.4 Å². The number of alkyl halides is 3. The molecule has 19 heavy (non-hydrogen) atoms. The average molecular weight is 296 g/mol. The van der Waals surface area contributed by atoms with Crippen LogP contribution in [-0.4, -0.2) is 32.5 Å². The third kappa shape index (κ3) is 4.19. The number of rotatable bonds is 4. The maximum Gasteiger partial charge on any atom is 0.402 e. The molecule has 0 fully saturated rings. The first-order valence-corrected chi connectivity index (χ1v) is 6.86. The van der Waals surface area contributed by atoms with Crippen LogP contribution in [0.25, 0.3) is 0 Å². The zero-order valence-corrected chi connectivity index (χ0v) is 11.3. The van der Waals surface area contributed by atoms with Crippen molar-refractivity contribution in [2.24, 2.45) is 5.73 Å². The molecule has 0 amide bonds. The van der Waals surface area contributed by atoms with Crippen molar-refractivity contribution >= 4 is 10.0 Å². The lowest BCUT2D eigenvalue weighted by Crippen LogP contribution is -2.35. The molecule has 0 bridgehead atoms. The Morgan fingerprint density at radius 3 is 2.11 bits per heavy atom. The normalized spacial score (nSPS) is 14.7. The van der Waals surface area contributed by atoms with Crippen LogP contribution in [0.2, 0.25) is 0 Å². The van der Waals surface area contributed by atoms with Crippen LogP contribution in [-0.2, 0) is 10.0 Å². The van der Waals surface area contributed by atoms with Gasteiger partial charge in [-0.15, -0.1) is 0 Å². The van der Waals surface area contributed by atoms with E-state index < -0.39 is 22.7 Å². The van der Waals surface area contributed by atoms with Crippen LogP contribution < -0.4 is 5.73 Å². The largest absolute Gasteiger partial charge is 0.402 e. The van der Waals surface area contributed by atoms with Crippen molar-refractivity contribution in [1.29, 1.82) is 0 Å². The predicted octanol–water partition coefficient (Wildman–Crippen LogP) is 1.89. The summed E-state index contributed by atoms with van der Waals surface area (Å²) in [6.07, 6.45) is -4.58. The van der Waals surface area contributed by atoms with Gasteiger partial charge in [-0.2, -0.15) is 17.5 Å². The minimum atomic E-state index is -4.58. The summed E-state index contributed by atoms with van der Waals surface area (Å²) >= 11 is 0. The first-order valence-electron chi connectivity index (χ1n) is 5.42. The highest BCUT2D eigenvalue weighted by Crippen LogP contribution is 2.22. The summed E-state index contributed by atoms with van der Waals surface area (Å²) in [4.78, 5) is -0.191. The molecule has 4 nitrogen and oxygen atoms in total. The number of nitrogens with two attached hydrogens (primary N) is 1. The second-order valence-electron chi connectivity index (χ2n) is 4.23. The molecule has 2 N–H and O–H groups in total. The number of benzene rings is 1. The first-order chi connectivity index (χ1) is 8.54. The monoisotopic (exact) mass is 296 g/mol. The number of hydrogen-bond donors (Lipinski definition) is 1. The zero-order chi connectivity index (χ0) is 14.8. The van der Waals surface area contributed by atoms with Gasteiger partial charge in [0, 0.05) is 13.1 Å². The van der Waals surface area contributed by atoms with Crippen LogP contribution in [0.3, 0.4) is 0 Å². The SMILES string of the molecule is CC(N)c1ccc(S(=O)(=O)N(C)CC(F)(F)F)cc1. The summed E-state index contributed by atoms with van der Waals surface area (Å²) in [5.74, 6) is 0. The number of hydrogen-bond acceptors (Lipinski definition) is 3. The molecule has 8 heteroatoms. The molecule has 0 aliphatic heterocycles. The highest BCUT2D eigenvalue weighted by Gasteiger charge is 2.34. The fraction of sp³-hybridized carbons (Fsp3) is 0.455. The summed E-state index contributed by atoms with van der Waals surface area (Å²) in [7, 11) is -3.25. The van der Waals surface area contributed by atoms with Gasteiger partial charge in [0.15, 0.2) is 0 Å². The molecule has 0 saturated carbocycles. The highest BCUT2D eigenvalue weighted by atomic mass is 32.2. The van der Waals surface area contributed by atoms with E-state index in [0.29, 0.717) is 5.56 Å². The standard InChI is InChI=1S/C11H15F3N2O2S/c1-8(15)9-3-5-10(6-4-9)19(17,18)16(2)7-11(12,13)14/h3-6,8H,7,15H2,1-2H3. The Kier molecular flexibility index (Phi) is 4.59. The van der Waals surface area contributed by atoms with Crippen LogP contribution in [0.1, 0.15) is 18.5 Å². The second kappa shape index (κ2) is 5.48. The van der Waals surface area contributed by atoms with Gasteiger partial charge in [0.2, 0.25) is 10.0 Å². The Hall–Kier alpha value is -1.12. The fourth-order valence-corrected chi connectivity index (χ4v) is 2.62. The molecule has 0 radical (unpaired) electrons. The number of nitrogens with zero attached hydrogens (tertiary/aromatic N) is 1. The lowest BCUT2D eigenvalue weighted by atomic mass is 10.1. The van der Waals surface area contributed by atoms with Gasteiger partial charge in [-0.3, -0.25) is 0 Å². The van der Waals surface area contributed by atoms with Crippen LogP contribution in [0, 0.1) is 0 Å². The Bertz CT molecular complexity index is 524. The summed E-state index contributed by atoms with van der Waals surface area (Å²) < 4.78 is 60.6. The summed E-state index contributed by atoms with van der Waals surface area (Å²) in [6.45, 7) is 0.198. The first kappa shape index (κ1) is 15.9. The van der Waals surface area contributed by atoms with Gasteiger partial charge in [0.05, 0.1) is 4.90 Å². The van der Waals surface area contributed by atoms with Crippen LogP contribution in [0.5, 0.6) is 0 Å². The summed E-state index contributed by atoms with van der Waals surface area (Å²) in [6, 6.07) is 5.20. The maximum atomic E-state index is 12.2. The van der Waals surface area contributed by atoms with Crippen molar-refractivity contribution in [2.75, 3.05) is 13.6 Å². The summed E-state index contributed by atoms with van der Waals surface area (Å²) in [5.41, 5.74) is 6.31. The van der Waals surface area contributed by atoms with E-state index in [0.717, 1.165) is 7.05 Å². The van der Waals surface area contributed by atoms with Crippen molar-refractivity contribution in [1.82, 2.24) is 4.31 Å². The van der Waals surface area contributed by atoms with Crippen molar-refractivity contribution in [3.05, 3.63) is 29.8 Å². The second-order valence-corrected chi connectivity index (χ2v) is 6.28. The van der Waals surface area contributed by atoms with E-state index in [2.05, 4.69) is 0 Å². The molecule has 1 aromatic rings. The number of halogens is 3. The lowest BCUT2D eigenvalue weighted by Gasteiger charge is -2.19. The van der Waals surface area contributed by atoms with Gasteiger partial charge in [-0.25, -0.2) is 8.42 Å². The Morgan fingerprint density at radius 1 is 1.26 bits per heavy atom. The van der Waals surface area contributed by atoms with Crippen molar-refractivity contribution in [3.63, 3.8) is 0 Å². The molecule has 0 aromatic heterocycles. The van der Waals surface area contributed by atoms with Crippen molar-refractivity contribution in [3.8, 4) is 0 Å². The van der Waals surface area contributed by atoms with E-state index in [1.165, 1.54) is 24.3 Å². The van der Waals surface area contributed by atoms with Crippen molar-refractivity contribution < 1.29 is 21.6 Å². The number of sulfonamides is 1. The van der Waals surface area contributed by atoms with E-state index in [9.17, 15) is 21.6 Å². The molecule has 1 atom stereocenters. The minimum Gasteiger partial charge on any atom is -0.324 e. The van der Waals surface area contributed by atoms with Crippen LogP contribution >= 0.6 is 0 Å². The molecule has 0 aliphatic rings. The Labute approximate surface area is 110 Å². The van der Waals surface area contributed by atoms with E-state index >= 15 is 0 Å². The lowest BCUT2D eigenvalue weighted by molar-refractivity contribution is -0.134. The van der Waals surface area contributed by atoms with E-state index in [1.807, 2.05) is 0 Å². The van der Waals surface area contributed by atoms with Gasteiger partial charge in [0.1, 0.15) is 6.54 Å². The Morgan fingerprint density at radius 2 is 1.74 bits per heavy atom. The molecule has 0 spiro atoms. The fourth-order valence-electron chi connectivity index (χ4n) is 1.46. The molecule has 108 valence electrons. The third-order valence-corrected chi connectivity index (χ3v) is 4.33. The van der Waals surface area contributed by atoms with E-state index in [4.69, 9.17) is 5.73 Å². The molecule has 0 saturated heterocycles. The quantitative estimate of drug-likeness (QED) is 0.923. The van der Waals surface area contributed by atoms with Gasteiger partial charge in [-0.05, 0) is 24.6 Å². The maximum absolute atomic E-state index is 12.2. The Balaban J connectivity index is 3.00. The summed E-state index contributed by atoms with van der Waals surface area (Å²) in [5, 5.41) is 0. The smallest absolute Gasteiger partial charge is 0.324 e. The molecule has 1 aromatic carbocycles. The molecular formula is C11H15F3N2O2S. The average Bonchev–Trinajstić information content (AvgIpc) is 2.26. The molecular weight excluding hydrogens is 281 g/mol. The van der Waals surface area contributed by atoms with Crippen LogP contribution in [0.15, 0.2) is 29.2 Å². The zero-order valence-electron chi connectivity index (χ0n) is 10.5. The van der Waals surface area contributed by atoms with Gasteiger partial charge in [0.25, 0.3) is 0 Å². The molecule has 0 aliphatic carbocycles. The van der Waals surface area contributed by atoms with Crippen LogP contribution in [0.4, 0.5) is 13.2 Å². The van der Waals surface area contributed by atoms with E-state index in [-0.39, 0.29) is 15.2 Å². The third-order valence-electron chi connectivity index (χ3n) is 2.52. The van der Waals surface area contributed by atoms with Crippen molar-refractivity contribution in [2.45, 2.75) is 24.0 Å². The van der Waals surface area contributed by atoms with Gasteiger partial charge in [-0.1, -0.05) is 12.1 Å². The minimum absolute atomic E-state index is 0.191. The molecule has 1 rings (SSSR count). The van der Waals surface area contributed by atoms with E-state index in [1.54, 1.807) is 6.92 Å². The molecule has 1 unspecified atom stereocenters. The molecule has 0 heterocycles.